The van der Waals surface area contributed by atoms with Crippen molar-refractivity contribution < 1.29 is 14.6 Å². The van der Waals surface area contributed by atoms with E-state index in [0.717, 1.165) is 24.6 Å². The van der Waals surface area contributed by atoms with Crippen LogP contribution in [0.25, 0.3) is 0 Å². The molecule has 0 unspecified atom stereocenters. The number of nitrogens with zero attached hydrogens (tertiary/aromatic N) is 2. The van der Waals surface area contributed by atoms with E-state index in [1.807, 2.05) is 13.8 Å². The predicted molar refractivity (Wildman–Crippen MR) is 76.2 cm³/mol. The predicted octanol–water partition coefficient (Wildman–Crippen LogP) is 2.67. The minimum Gasteiger partial charge on any atom is -0.338 e. The molecule has 0 aromatic heterocycles. The highest BCUT2D eigenvalue weighted by Gasteiger charge is 2.17. The van der Waals surface area contributed by atoms with Gasteiger partial charge in [-0.15, -0.1) is 0 Å². The van der Waals surface area contributed by atoms with Crippen molar-refractivity contribution in [2.75, 3.05) is 11.9 Å². The maximum Gasteiger partial charge on any atom is 0.319 e. The first kappa shape index (κ1) is 16.3. The Morgan fingerprint density at radius 2 is 1.67 bits per heavy atom. The van der Waals surface area contributed by atoms with Crippen LogP contribution in [-0.4, -0.2) is 22.4 Å². The zero-order chi connectivity index (χ0) is 16.0. The van der Waals surface area contributed by atoms with Crippen molar-refractivity contribution in [1.29, 1.82) is 0 Å². The number of nitro groups is 2. The Morgan fingerprint density at radius 3 is 2.10 bits per heavy atom. The molecule has 0 spiro atoms. The summed E-state index contributed by atoms with van der Waals surface area (Å²) in [5.41, 5.74) is -0.915. The van der Waals surface area contributed by atoms with E-state index < -0.39 is 27.3 Å². The normalized spacial score (nSPS) is 10.2. The quantitative estimate of drug-likeness (QED) is 0.616. The van der Waals surface area contributed by atoms with Crippen LogP contribution < -0.4 is 10.6 Å². The lowest BCUT2D eigenvalue weighted by Gasteiger charge is -2.08. The van der Waals surface area contributed by atoms with Crippen LogP contribution in [0, 0.1) is 26.1 Å². The number of hydrogen-bond donors (Lipinski definition) is 2. The van der Waals surface area contributed by atoms with E-state index in [9.17, 15) is 25.0 Å². The zero-order valence-corrected chi connectivity index (χ0v) is 11.7. The highest BCUT2D eigenvalue weighted by Crippen LogP contribution is 2.25. The Labute approximate surface area is 120 Å². The van der Waals surface area contributed by atoms with Gasteiger partial charge in [0.15, 0.2) is 0 Å². The number of anilines is 1. The van der Waals surface area contributed by atoms with E-state index in [-0.39, 0.29) is 5.69 Å². The molecular weight excluding hydrogens is 280 g/mol. The molecule has 114 valence electrons. The van der Waals surface area contributed by atoms with Gasteiger partial charge in [-0.1, -0.05) is 13.8 Å². The van der Waals surface area contributed by atoms with Crippen LogP contribution >= 0.6 is 0 Å². The third kappa shape index (κ3) is 5.43. The fourth-order valence-corrected chi connectivity index (χ4v) is 1.53. The number of carbonyl (C=O) groups excluding carboxylic acids is 1. The Kier molecular flexibility index (Phi) is 5.58. The van der Waals surface area contributed by atoms with Crippen LogP contribution in [0.3, 0.4) is 0 Å². The second-order valence-electron chi connectivity index (χ2n) is 4.82. The summed E-state index contributed by atoms with van der Waals surface area (Å²) in [4.78, 5) is 31.5. The van der Waals surface area contributed by atoms with E-state index in [2.05, 4.69) is 10.6 Å². The van der Waals surface area contributed by atoms with Gasteiger partial charge in [0.2, 0.25) is 0 Å². The third-order valence-corrected chi connectivity index (χ3v) is 2.59. The maximum absolute atomic E-state index is 11.6. The average Bonchev–Trinajstić information content (AvgIpc) is 2.37. The molecule has 9 heteroatoms. The number of nitrogens with one attached hydrogen (secondary N) is 2. The van der Waals surface area contributed by atoms with Crippen LogP contribution in [-0.2, 0) is 0 Å². The Balaban J connectivity index is 2.80. The van der Waals surface area contributed by atoms with Crippen LogP contribution in [0.15, 0.2) is 18.2 Å². The first-order chi connectivity index (χ1) is 9.79. The van der Waals surface area contributed by atoms with Gasteiger partial charge in [-0.2, -0.15) is 0 Å². The second kappa shape index (κ2) is 7.17. The van der Waals surface area contributed by atoms with Crippen molar-refractivity contribution in [3.8, 4) is 0 Å². The zero-order valence-electron chi connectivity index (χ0n) is 11.7. The van der Waals surface area contributed by atoms with Gasteiger partial charge in [-0.05, 0) is 12.3 Å². The van der Waals surface area contributed by atoms with Crippen molar-refractivity contribution in [2.45, 2.75) is 20.3 Å². The molecule has 1 aromatic rings. The number of amides is 2. The monoisotopic (exact) mass is 296 g/mol. The smallest absolute Gasteiger partial charge is 0.319 e. The van der Waals surface area contributed by atoms with Crippen LogP contribution in [0.5, 0.6) is 0 Å². The van der Waals surface area contributed by atoms with Gasteiger partial charge in [0.25, 0.3) is 11.4 Å². The number of rotatable bonds is 6. The van der Waals surface area contributed by atoms with Crippen LogP contribution in [0.1, 0.15) is 20.3 Å². The minimum absolute atomic E-state index is 0.00190. The number of urea groups is 1. The lowest BCUT2D eigenvalue weighted by Crippen LogP contribution is -2.30. The summed E-state index contributed by atoms with van der Waals surface area (Å²) in [7, 11) is 0. The van der Waals surface area contributed by atoms with Gasteiger partial charge >= 0.3 is 6.03 Å². The van der Waals surface area contributed by atoms with Crippen molar-refractivity contribution in [3.63, 3.8) is 0 Å². The van der Waals surface area contributed by atoms with E-state index >= 15 is 0 Å². The molecule has 0 saturated heterocycles. The maximum atomic E-state index is 11.6. The first-order valence-corrected chi connectivity index (χ1v) is 6.28. The molecule has 0 aliphatic heterocycles. The fourth-order valence-electron chi connectivity index (χ4n) is 1.53. The highest BCUT2D eigenvalue weighted by molar-refractivity contribution is 5.90. The first-order valence-electron chi connectivity index (χ1n) is 6.28. The number of benzene rings is 1. The van der Waals surface area contributed by atoms with E-state index in [1.165, 1.54) is 0 Å². The molecule has 0 fully saturated rings. The summed E-state index contributed by atoms with van der Waals surface area (Å²) in [6.07, 6.45) is 0.780. The molecule has 2 N–H and O–H groups in total. The molecule has 0 radical (unpaired) electrons. The molecule has 0 saturated carbocycles. The number of carbonyl (C=O) groups is 1. The van der Waals surface area contributed by atoms with E-state index in [4.69, 9.17) is 0 Å². The van der Waals surface area contributed by atoms with Crippen LogP contribution in [0.2, 0.25) is 0 Å². The largest absolute Gasteiger partial charge is 0.338 e. The van der Waals surface area contributed by atoms with Gasteiger partial charge < -0.3 is 10.6 Å². The molecule has 21 heavy (non-hydrogen) atoms. The van der Waals surface area contributed by atoms with Crippen molar-refractivity contribution in [2.24, 2.45) is 5.92 Å². The van der Waals surface area contributed by atoms with Crippen molar-refractivity contribution in [1.82, 2.24) is 5.32 Å². The minimum atomic E-state index is -0.755. The summed E-state index contributed by atoms with van der Waals surface area (Å²) in [6, 6.07) is 2.40. The lowest BCUT2D eigenvalue weighted by atomic mass is 10.1. The fraction of sp³-hybridized carbons (Fsp3) is 0.417. The molecule has 9 nitrogen and oxygen atoms in total. The van der Waals surface area contributed by atoms with Gasteiger partial charge in [-0.25, -0.2) is 4.79 Å². The molecule has 1 aromatic carbocycles. The van der Waals surface area contributed by atoms with Gasteiger partial charge in [0.1, 0.15) is 0 Å². The standard InChI is InChI=1S/C12H16N4O5/c1-8(2)3-4-13-12(17)14-9-5-10(15(18)19)7-11(6-9)16(20)21/h5-8H,3-4H2,1-2H3,(H2,13,14,17). The van der Waals surface area contributed by atoms with Crippen molar-refractivity contribution >= 4 is 23.1 Å². The molecule has 0 heterocycles. The molecular formula is C12H16N4O5. The molecule has 0 aliphatic carbocycles. The summed E-state index contributed by atoms with van der Waals surface area (Å²) in [6.45, 7) is 4.45. The second-order valence-corrected chi connectivity index (χ2v) is 4.82. The Hall–Kier alpha value is -2.71. The van der Waals surface area contributed by atoms with Crippen LogP contribution in [0.4, 0.5) is 21.9 Å². The highest BCUT2D eigenvalue weighted by atomic mass is 16.6. The molecule has 1 rings (SSSR count). The SMILES string of the molecule is CC(C)CCNC(=O)Nc1cc([N+](=O)[O-])cc([N+](=O)[O-])c1. The number of nitro benzene ring substituents is 2. The molecule has 0 bridgehead atoms. The third-order valence-electron chi connectivity index (χ3n) is 2.59. The molecule has 0 atom stereocenters. The van der Waals surface area contributed by atoms with Gasteiger partial charge in [0.05, 0.1) is 21.6 Å². The molecule has 0 aliphatic rings. The topological polar surface area (TPSA) is 127 Å². The summed E-state index contributed by atoms with van der Waals surface area (Å²) >= 11 is 0. The van der Waals surface area contributed by atoms with E-state index in [1.54, 1.807) is 0 Å². The lowest BCUT2D eigenvalue weighted by molar-refractivity contribution is -0.394. The number of non-ortho nitro benzene ring substituents is 2. The summed E-state index contributed by atoms with van der Waals surface area (Å²) < 4.78 is 0. The summed E-state index contributed by atoms with van der Waals surface area (Å²) in [5.74, 6) is 0.421. The number of hydrogen-bond acceptors (Lipinski definition) is 5. The summed E-state index contributed by atoms with van der Waals surface area (Å²) in [5, 5.41) is 26.3. The Morgan fingerprint density at radius 1 is 1.14 bits per heavy atom. The molecule has 2 amide bonds. The van der Waals surface area contributed by atoms with Gasteiger partial charge in [-0.3, -0.25) is 20.2 Å². The average molecular weight is 296 g/mol. The Bertz CT molecular complexity index is 526. The van der Waals surface area contributed by atoms with Gasteiger partial charge in [0, 0.05) is 18.7 Å². The van der Waals surface area contributed by atoms with Crippen molar-refractivity contribution in [3.05, 3.63) is 38.4 Å². The van der Waals surface area contributed by atoms with E-state index in [0.29, 0.717) is 12.5 Å².